The monoisotopic (exact) mass is 299 g/mol. The van der Waals surface area contributed by atoms with Crippen molar-refractivity contribution in [2.75, 3.05) is 0 Å². The van der Waals surface area contributed by atoms with Gasteiger partial charge in [0.2, 0.25) is 0 Å². The summed E-state index contributed by atoms with van der Waals surface area (Å²) in [4.78, 5) is 0. The molecule has 2 rings (SSSR count). The molecule has 2 N–H and O–H groups in total. The molecule has 83 valence electrons. The number of phenols is 1. The van der Waals surface area contributed by atoms with E-state index in [-0.39, 0.29) is 44.4 Å². The molecule has 1 unspecified atom stereocenters. The molecule has 0 saturated carbocycles. The number of hydrogen-bond acceptors (Lipinski definition) is 2. The summed E-state index contributed by atoms with van der Waals surface area (Å²) < 4.78 is 0. The number of allylic oxidation sites excluding steroid dienone is 2. The van der Waals surface area contributed by atoms with Gasteiger partial charge < -0.3 is 10.4 Å². The first-order chi connectivity index (χ1) is 7.70. The zero-order valence-electron chi connectivity index (χ0n) is 9.40. The van der Waals surface area contributed by atoms with Crippen LogP contribution >= 0.6 is 0 Å². The van der Waals surface area contributed by atoms with Gasteiger partial charge in [0.05, 0.1) is 0 Å². The second kappa shape index (κ2) is 6.05. The summed E-state index contributed by atoms with van der Waals surface area (Å²) in [7, 11) is 0. The number of terminal acetylenes is 1. The minimum Gasteiger partial charge on any atom is -0.508 e. The van der Waals surface area contributed by atoms with Crippen molar-refractivity contribution in [2.45, 2.75) is 6.42 Å². The third kappa shape index (κ3) is 3.22. The van der Waals surface area contributed by atoms with Crippen molar-refractivity contribution < 1.29 is 37.8 Å². The van der Waals surface area contributed by atoms with Gasteiger partial charge in [0.1, 0.15) is 5.75 Å². The molecule has 1 aromatic carbocycles. The average molecular weight is 299 g/mol. The number of hydrogen-bond donors (Lipinski definition) is 2. The number of aromatic hydroxyl groups is 1. The van der Waals surface area contributed by atoms with Gasteiger partial charge in [0.25, 0.3) is 0 Å². The van der Waals surface area contributed by atoms with Crippen LogP contribution < -0.4 is 5.32 Å². The summed E-state index contributed by atoms with van der Waals surface area (Å²) >= 11 is 0. The zero-order valence-corrected chi connectivity index (χ0v) is 12.2. The summed E-state index contributed by atoms with van der Waals surface area (Å²) in [6.45, 7) is 3.90. The van der Waals surface area contributed by atoms with Crippen LogP contribution in [0.1, 0.15) is 12.0 Å². The topological polar surface area (TPSA) is 32.3 Å². The predicted octanol–water partition coefficient (Wildman–Crippen LogP) is 2.29. The second-order valence-corrected chi connectivity index (χ2v) is 3.67. The van der Waals surface area contributed by atoms with Crippen LogP contribution in [0.4, 0.5) is 0 Å². The summed E-state index contributed by atoms with van der Waals surface area (Å²) in [5.74, 6) is 2.92. The summed E-state index contributed by atoms with van der Waals surface area (Å²) in [5.41, 5.74) is 2.66. The number of phenolic OH excluding ortho intramolecular Hbond substituents is 1. The summed E-state index contributed by atoms with van der Waals surface area (Å²) in [6, 6.07) is 6.94. The van der Waals surface area contributed by atoms with E-state index in [0.29, 0.717) is 6.42 Å². The number of nitrogens with one attached hydrogen (secondary N) is 1. The Balaban J connectivity index is 0.00000144. The quantitative estimate of drug-likeness (QED) is 0.616. The molecule has 0 fully saturated rings. The molecule has 17 heavy (non-hydrogen) atoms. The third-order valence-electron chi connectivity index (χ3n) is 2.55. The Kier molecular flexibility index (Phi) is 4.99. The van der Waals surface area contributed by atoms with Gasteiger partial charge in [-0.25, -0.2) is 6.08 Å². The molecule has 0 spiro atoms. The third-order valence-corrected chi connectivity index (χ3v) is 2.55. The molecular weight excluding hydrogens is 287 g/mol. The van der Waals surface area contributed by atoms with Crippen molar-refractivity contribution in [1.29, 1.82) is 0 Å². The van der Waals surface area contributed by atoms with Crippen LogP contribution in [0.3, 0.4) is 0 Å². The Morgan fingerprint density at radius 1 is 1.41 bits per heavy atom. The SMILES string of the molecule is C#CC1C[C-]=C(c2ccc(O)cc2)NC1=C.[Y]. The largest absolute Gasteiger partial charge is 0.508 e. The van der Waals surface area contributed by atoms with E-state index in [9.17, 15) is 5.11 Å². The number of benzene rings is 1. The maximum absolute atomic E-state index is 9.19. The molecule has 2 nitrogen and oxygen atoms in total. The molecule has 0 amide bonds. The van der Waals surface area contributed by atoms with Crippen molar-refractivity contribution in [2.24, 2.45) is 5.92 Å². The van der Waals surface area contributed by atoms with Crippen LogP contribution in [0.15, 0.2) is 36.5 Å². The Morgan fingerprint density at radius 3 is 2.59 bits per heavy atom. The van der Waals surface area contributed by atoms with Gasteiger partial charge in [-0.15, -0.1) is 24.3 Å². The fourth-order valence-electron chi connectivity index (χ4n) is 1.58. The smallest absolute Gasteiger partial charge is 0.112 e. The van der Waals surface area contributed by atoms with Crippen molar-refractivity contribution >= 4 is 5.70 Å². The van der Waals surface area contributed by atoms with Gasteiger partial charge in [0.15, 0.2) is 0 Å². The van der Waals surface area contributed by atoms with E-state index < -0.39 is 0 Å². The van der Waals surface area contributed by atoms with Crippen LogP contribution in [0.5, 0.6) is 5.75 Å². The molecule has 0 aromatic heterocycles. The van der Waals surface area contributed by atoms with E-state index in [1.807, 2.05) is 12.1 Å². The molecule has 1 atom stereocenters. The minimum absolute atomic E-state index is 0. The average Bonchev–Trinajstić information content (AvgIpc) is 2.30. The Bertz CT molecular complexity index is 482. The van der Waals surface area contributed by atoms with Gasteiger partial charge in [-0.05, 0) is 12.1 Å². The maximum atomic E-state index is 9.19. The molecule has 1 aliphatic heterocycles. The van der Waals surface area contributed by atoms with Crippen LogP contribution in [-0.4, -0.2) is 5.11 Å². The Labute approximate surface area is 127 Å². The van der Waals surface area contributed by atoms with Crippen LogP contribution in [0.25, 0.3) is 5.70 Å². The second-order valence-electron chi connectivity index (χ2n) is 3.67. The fraction of sp³-hybridized carbons (Fsp3) is 0.143. The van der Waals surface area contributed by atoms with Crippen molar-refractivity contribution in [3.05, 3.63) is 48.2 Å². The summed E-state index contributed by atoms with van der Waals surface area (Å²) in [5, 5.41) is 12.3. The first-order valence-electron chi connectivity index (χ1n) is 5.03. The van der Waals surface area contributed by atoms with E-state index in [2.05, 4.69) is 23.9 Å². The first kappa shape index (κ1) is 14.0. The van der Waals surface area contributed by atoms with Crippen LogP contribution in [0.2, 0.25) is 0 Å². The molecule has 0 aliphatic carbocycles. The van der Waals surface area contributed by atoms with E-state index >= 15 is 0 Å². The van der Waals surface area contributed by atoms with E-state index in [0.717, 1.165) is 17.0 Å². The van der Waals surface area contributed by atoms with E-state index in [4.69, 9.17) is 6.42 Å². The zero-order chi connectivity index (χ0) is 11.5. The van der Waals surface area contributed by atoms with Crippen molar-refractivity contribution in [3.63, 3.8) is 0 Å². The van der Waals surface area contributed by atoms with Crippen LogP contribution in [0, 0.1) is 24.3 Å². The standard InChI is InChI=1S/C14H12NO.Y/c1-3-11-6-9-14(15-10(11)2)12-4-7-13(16)8-5-12;/h1,4-5,7-8,11,15-16H,2,6H2;/q-1;. The molecule has 1 aliphatic rings. The molecule has 1 heterocycles. The van der Waals surface area contributed by atoms with E-state index in [1.54, 1.807) is 12.1 Å². The minimum atomic E-state index is 0. The molecule has 3 heteroatoms. The molecule has 0 saturated heterocycles. The first-order valence-corrected chi connectivity index (χ1v) is 5.03. The van der Waals surface area contributed by atoms with Crippen molar-refractivity contribution in [3.8, 4) is 18.1 Å². The van der Waals surface area contributed by atoms with Gasteiger partial charge in [-0.3, -0.25) is 0 Å². The summed E-state index contributed by atoms with van der Waals surface area (Å²) in [6.07, 6.45) is 9.25. The van der Waals surface area contributed by atoms with Gasteiger partial charge in [-0.2, -0.15) is 5.56 Å². The van der Waals surface area contributed by atoms with Gasteiger partial charge in [0, 0.05) is 44.3 Å². The van der Waals surface area contributed by atoms with Crippen LogP contribution in [-0.2, 0) is 32.7 Å². The molecule has 1 aromatic rings. The van der Waals surface area contributed by atoms with E-state index in [1.165, 1.54) is 0 Å². The molecular formula is C14H12NOY-. The Hall–Kier alpha value is -1.04. The maximum Gasteiger partial charge on any atom is 0.112 e. The molecule has 0 bridgehead atoms. The van der Waals surface area contributed by atoms with Gasteiger partial charge in [-0.1, -0.05) is 18.9 Å². The van der Waals surface area contributed by atoms with Gasteiger partial charge >= 0.3 is 0 Å². The number of rotatable bonds is 1. The molecule has 1 radical (unpaired) electrons. The normalized spacial score (nSPS) is 18.4. The Morgan fingerprint density at radius 2 is 2.06 bits per heavy atom. The predicted molar refractivity (Wildman–Crippen MR) is 64.0 cm³/mol. The fourth-order valence-corrected chi connectivity index (χ4v) is 1.58. The van der Waals surface area contributed by atoms with Crippen molar-refractivity contribution in [1.82, 2.24) is 5.32 Å².